The van der Waals surface area contributed by atoms with Crippen molar-refractivity contribution in [3.8, 4) is 0 Å². The van der Waals surface area contributed by atoms with Crippen molar-refractivity contribution in [1.29, 1.82) is 0 Å². The lowest BCUT2D eigenvalue weighted by atomic mass is 10.3. The van der Waals surface area contributed by atoms with Crippen molar-refractivity contribution in [2.75, 3.05) is 38.0 Å². The van der Waals surface area contributed by atoms with Crippen molar-refractivity contribution in [1.82, 2.24) is 9.80 Å². The fraction of sp³-hybridized carbons (Fsp3) is 0.389. The number of thiophene rings is 1. The Morgan fingerprint density at radius 2 is 1.83 bits per heavy atom. The summed E-state index contributed by atoms with van der Waals surface area (Å²) in [6, 6.07) is 8.04. The second kappa shape index (κ2) is 8.37. The lowest BCUT2D eigenvalue weighted by molar-refractivity contribution is -0.117. The number of carbonyl (C=O) groups is 1. The van der Waals surface area contributed by atoms with Crippen LogP contribution in [0.4, 0.5) is 10.1 Å². The van der Waals surface area contributed by atoms with E-state index in [-0.39, 0.29) is 11.7 Å². The van der Waals surface area contributed by atoms with E-state index in [4.69, 9.17) is 0 Å². The highest BCUT2D eigenvalue weighted by molar-refractivity contribution is 7.07. The van der Waals surface area contributed by atoms with Gasteiger partial charge >= 0.3 is 0 Å². The van der Waals surface area contributed by atoms with Crippen LogP contribution in [0.1, 0.15) is 12.0 Å². The van der Waals surface area contributed by atoms with Crippen LogP contribution in [0.25, 0.3) is 0 Å². The molecular weight excluding hydrogens is 325 g/mol. The molecule has 3 rings (SSSR count). The molecule has 1 aliphatic rings. The van der Waals surface area contributed by atoms with Crippen LogP contribution in [0.15, 0.2) is 41.1 Å². The van der Waals surface area contributed by atoms with E-state index in [0.29, 0.717) is 12.2 Å². The molecule has 128 valence electrons. The zero-order valence-electron chi connectivity index (χ0n) is 13.6. The number of halogens is 1. The number of carbonyl (C=O) groups excluding carboxylic acids is 1. The molecule has 0 atom stereocenters. The summed E-state index contributed by atoms with van der Waals surface area (Å²) in [5.74, 6) is -0.348. The number of rotatable bonds is 5. The van der Waals surface area contributed by atoms with Gasteiger partial charge in [-0.2, -0.15) is 11.3 Å². The van der Waals surface area contributed by atoms with Gasteiger partial charge in [0.05, 0.1) is 6.54 Å². The van der Waals surface area contributed by atoms with Gasteiger partial charge in [0, 0.05) is 25.3 Å². The number of hydrogen-bond acceptors (Lipinski definition) is 4. The van der Waals surface area contributed by atoms with Crippen LogP contribution < -0.4 is 5.32 Å². The summed E-state index contributed by atoms with van der Waals surface area (Å²) in [5, 5.41) is 7.13. The van der Waals surface area contributed by atoms with Gasteiger partial charge in [-0.05, 0) is 66.2 Å². The topological polar surface area (TPSA) is 35.6 Å². The SMILES string of the molecule is O=C(CN1CCCN(Cc2ccsc2)CC1)Nc1ccc(F)cc1. The number of hydrogen-bond donors (Lipinski definition) is 1. The molecule has 24 heavy (non-hydrogen) atoms. The van der Waals surface area contributed by atoms with E-state index in [2.05, 4.69) is 31.9 Å². The molecule has 6 heteroatoms. The Bertz CT molecular complexity index is 645. The molecular formula is C18H22FN3OS. The molecule has 2 heterocycles. The summed E-state index contributed by atoms with van der Waals surface area (Å²) in [6.07, 6.45) is 1.06. The van der Waals surface area contributed by atoms with E-state index in [0.717, 1.165) is 39.1 Å². The number of nitrogens with one attached hydrogen (secondary N) is 1. The maximum Gasteiger partial charge on any atom is 0.238 e. The van der Waals surface area contributed by atoms with Crippen molar-refractivity contribution in [2.24, 2.45) is 0 Å². The molecule has 1 saturated heterocycles. The first-order chi connectivity index (χ1) is 11.7. The van der Waals surface area contributed by atoms with Crippen molar-refractivity contribution in [2.45, 2.75) is 13.0 Å². The van der Waals surface area contributed by atoms with Crippen molar-refractivity contribution < 1.29 is 9.18 Å². The predicted octanol–water partition coefficient (Wildman–Crippen LogP) is 3.03. The number of benzene rings is 1. The zero-order chi connectivity index (χ0) is 16.8. The normalized spacial score (nSPS) is 16.7. The number of nitrogens with zero attached hydrogens (tertiary/aromatic N) is 2. The fourth-order valence-corrected chi connectivity index (χ4v) is 3.58. The minimum absolute atomic E-state index is 0.0482. The Labute approximate surface area is 145 Å². The first-order valence-electron chi connectivity index (χ1n) is 8.20. The molecule has 1 aromatic heterocycles. The van der Waals surface area contributed by atoms with E-state index >= 15 is 0 Å². The summed E-state index contributed by atoms with van der Waals surface area (Å²) in [4.78, 5) is 16.8. The third-order valence-corrected chi connectivity index (χ3v) is 4.89. The molecule has 1 aliphatic heterocycles. The number of amides is 1. The third kappa shape index (κ3) is 5.12. The molecule has 0 bridgehead atoms. The van der Waals surface area contributed by atoms with Gasteiger partial charge < -0.3 is 5.32 Å². The first-order valence-corrected chi connectivity index (χ1v) is 9.14. The van der Waals surface area contributed by atoms with Crippen LogP contribution in [0.2, 0.25) is 0 Å². The standard InChI is InChI=1S/C18H22FN3OS/c19-16-2-4-17(5-3-16)20-18(23)13-22-8-1-7-21(9-10-22)12-15-6-11-24-14-15/h2-6,11,14H,1,7-10,12-13H2,(H,20,23). The lowest BCUT2D eigenvalue weighted by Crippen LogP contribution is -2.36. The molecule has 0 unspecified atom stereocenters. The smallest absolute Gasteiger partial charge is 0.238 e. The first kappa shape index (κ1) is 17.1. The Balaban J connectivity index is 1.45. The Kier molecular flexibility index (Phi) is 5.96. The molecule has 0 aliphatic carbocycles. The van der Waals surface area contributed by atoms with Gasteiger partial charge in [0.2, 0.25) is 5.91 Å². The van der Waals surface area contributed by atoms with E-state index < -0.39 is 0 Å². The average Bonchev–Trinajstić information content (AvgIpc) is 2.97. The molecule has 2 aromatic rings. The lowest BCUT2D eigenvalue weighted by Gasteiger charge is -2.21. The van der Waals surface area contributed by atoms with Crippen LogP contribution >= 0.6 is 11.3 Å². The Morgan fingerprint density at radius 1 is 1.08 bits per heavy atom. The molecule has 0 radical (unpaired) electrons. The summed E-state index contributed by atoms with van der Waals surface area (Å²) in [5.41, 5.74) is 2.00. The monoisotopic (exact) mass is 347 g/mol. The highest BCUT2D eigenvalue weighted by Gasteiger charge is 2.17. The van der Waals surface area contributed by atoms with Crippen LogP contribution in [0.3, 0.4) is 0 Å². The van der Waals surface area contributed by atoms with Crippen LogP contribution in [-0.2, 0) is 11.3 Å². The molecule has 1 fully saturated rings. The molecule has 4 nitrogen and oxygen atoms in total. The van der Waals surface area contributed by atoms with E-state index in [1.54, 1.807) is 23.5 Å². The maximum atomic E-state index is 12.9. The van der Waals surface area contributed by atoms with Crippen molar-refractivity contribution in [3.05, 3.63) is 52.5 Å². The summed E-state index contributed by atoms with van der Waals surface area (Å²) >= 11 is 1.73. The quantitative estimate of drug-likeness (QED) is 0.903. The van der Waals surface area contributed by atoms with Crippen LogP contribution in [0, 0.1) is 5.82 Å². The van der Waals surface area contributed by atoms with E-state index in [1.165, 1.54) is 17.7 Å². The highest BCUT2D eigenvalue weighted by Crippen LogP contribution is 2.12. The van der Waals surface area contributed by atoms with Gasteiger partial charge in [0.15, 0.2) is 0 Å². The minimum atomic E-state index is -0.300. The zero-order valence-corrected chi connectivity index (χ0v) is 14.4. The molecule has 0 spiro atoms. The maximum absolute atomic E-state index is 12.9. The highest BCUT2D eigenvalue weighted by atomic mass is 32.1. The van der Waals surface area contributed by atoms with Gasteiger partial charge in [-0.25, -0.2) is 4.39 Å². The van der Waals surface area contributed by atoms with E-state index in [9.17, 15) is 9.18 Å². The van der Waals surface area contributed by atoms with E-state index in [1.807, 2.05) is 0 Å². The molecule has 1 amide bonds. The third-order valence-electron chi connectivity index (χ3n) is 4.16. The van der Waals surface area contributed by atoms with Crippen molar-refractivity contribution in [3.63, 3.8) is 0 Å². The van der Waals surface area contributed by atoms with Crippen LogP contribution in [0.5, 0.6) is 0 Å². The average molecular weight is 347 g/mol. The van der Waals surface area contributed by atoms with Gasteiger partial charge in [-0.3, -0.25) is 14.6 Å². The second-order valence-corrected chi connectivity index (χ2v) is 6.87. The summed E-state index contributed by atoms with van der Waals surface area (Å²) in [7, 11) is 0. The molecule has 0 saturated carbocycles. The summed E-state index contributed by atoms with van der Waals surface area (Å²) < 4.78 is 12.9. The second-order valence-electron chi connectivity index (χ2n) is 6.09. The number of anilines is 1. The summed E-state index contributed by atoms with van der Waals surface area (Å²) in [6.45, 7) is 5.21. The molecule has 1 N–H and O–H groups in total. The van der Waals surface area contributed by atoms with Crippen LogP contribution in [-0.4, -0.2) is 48.4 Å². The predicted molar refractivity (Wildman–Crippen MR) is 95.7 cm³/mol. The Hall–Kier alpha value is -1.76. The molecule has 1 aromatic carbocycles. The van der Waals surface area contributed by atoms with Crippen molar-refractivity contribution >= 4 is 22.9 Å². The fourth-order valence-electron chi connectivity index (χ4n) is 2.92. The van der Waals surface area contributed by atoms with Gasteiger partial charge in [0.1, 0.15) is 5.82 Å². The van der Waals surface area contributed by atoms with Gasteiger partial charge in [-0.1, -0.05) is 0 Å². The van der Waals surface area contributed by atoms with Gasteiger partial charge in [-0.15, -0.1) is 0 Å². The Morgan fingerprint density at radius 3 is 2.58 bits per heavy atom. The largest absolute Gasteiger partial charge is 0.325 e. The minimum Gasteiger partial charge on any atom is -0.325 e. The van der Waals surface area contributed by atoms with Gasteiger partial charge in [0.25, 0.3) is 0 Å².